The summed E-state index contributed by atoms with van der Waals surface area (Å²) in [4.78, 5) is 18.1. The minimum Gasteiger partial charge on any atom is -0.497 e. The van der Waals surface area contributed by atoms with Gasteiger partial charge < -0.3 is 4.74 Å². The second-order valence-electron chi connectivity index (χ2n) is 6.92. The number of hydrogen-bond donors (Lipinski definition) is 1. The van der Waals surface area contributed by atoms with Gasteiger partial charge in [0.05, 0.1) is 24.2 Å². The van der Waals surface area contributed by atoms with E-state index in [1.54, 1.807) is 30.3 Å². The van der Waals surface area contributed by atoms with Gasteiger partial charge in [0.1, 0.15) is 5.75 Å². The van der Waals surface area contributed by atoms with Gasteiger partial charge in [-0.1, -0.05) is 18.2 Å². The van der Waals surface area contributed by atoms with Gasteiger partial charge in [-0.15, -0.1) is 11.3 Å². The molecule has 3 aromatic rings. The van der Waals surface area contributed by atoms with Gasteiger partial charge >= 0.3 is 0 Å². The summed E-state index contributed by atoms with van der Waals surface area (Å²) >= 11 is 1.32. The van der Waals surface area contributed by atoms with Gasteiger partial charge in [-0.25, -0.2) is 13.4 Å². The van der Waals surface area contributed by atoms with Crippen molar-refractivity contribution in [3.63, 3.8) is 0 Å². The Morgan fingerprint density at radius 2 is 1.90 bits per heavy atom. The third-order valence-corrected chi connectivity index (χ3v) is 7.86. The van der Waals surface area contributed by atoms with Crippen LogP contribution in [0.2, 0.25) is 0 Å². The van der Waals surface area contributed by atoms with Crippen LogP contribution in [0.25, 0.3) is 0 Å². The molecule has 1 amide bonds. The van der Waals surface area contributed by atoms with Crippen molar-refractivity contribution in [2.45, 2.75) is 24.8 Å². The fourth-order valence-corrected chi connectivity index (χ4v) is 5.83. The van der Waals surface area contributed by atoms with E-state index in [9.17, 15) is 13.2 Å². The number of anilines is 1. The third kappa shape index (κ3) is 3.96. The number of nitrogens with zero attached hydrogens (tertiary/aromatic N) is 2. The highest BCUT2D eigenvalue weighted by atomic mass is 32.2. The molecule has 1 aliphatic rings. The Labute approximate surface area is 179 Å². The van der Waals surface area contributed by atoms with Gasteiger partial charge in [0.25, 0.3) is 5.91 Å². The molecule has 156 valence electrons. The van der Waals surface area contributed by atoms with Crippen molar-refractivity contribution >= 4 is 32.4 Å². The molecule has 4 rings (SSSR count). The number of fused-ring (bicyclic) bond motifs is 1. The Morgan fingerprint density at radius 3 is 2.60 bits per heavy atom. The lowest BCUT2D eigenvalue weighted by Crippen LogP contribution is -2.35. The summed E-state index contributed by atoms with van der Waals surface area (Å²) < 4.78 is 32.6. The van der Waals surface area contributed by atoms with Crippen LogP contribution in [0.1, 0.15) is 26.5 Å². The fraction of sp³-hybridized carbons (Fsp3) is 0.238. The average Bonchev–Trinajstić information content (AvgIpc) is 3.15. The van der Waals surface area contributed by atoms with Crippen LogP contribution in [-0.4, -0.2) is 37.3 Å². The van der Waals surface area contributed by atoms with Crippen molar-refractivity contribution < 1.29 is 17.9 Å². The molecule has 1 aliphatic heterocycles. The molecule has 0 saturated heterocycles. The number of carbonyl (C=O) groups excluding carboxylic acids is 1. The number of amides is 1. The van der Waals surface area contributed by atoms with E-state index in [0.29, 0.717) is 29.4 Å². The van der Waals surface area contributed by atoms with Gasteiger partial charge in [0, 0.05) is 23.4 Å². The van der Waals surface area contributed by atoms with Crippen LogP contribution in [0.5, 0.6) is 5.75 Å². The molecule has 0 unspecified atom stereocenters. The maximum Gasteiger partial charge on any atom is 0.257 e. The summed E-state index contributed by atoms with van der Waals surface area (Å²) in [5, 5.41) is 3.32. The minimum atomic E-state index is -3.62. The van der Waals surface area contributed by atoms with Crippen molar-refractivity contribution in [2.75, 3.05) is 19.0 Å². The highest BCUT2D eigenvalue weighted by molar-refractivity contribution is 7.89. The van der Waals surface area contributed by atoms with Crippen molar-refractivity contribution in [1.29, 1.82) is 0 Å². The van der Waals surface area contributed by atoms with Crippen LogP contribution in [0.3, 0.4) is 0 Å². The molecule has 0 spiro atoms. The molecule has 0 aliphatic carbocycles. The monoisotopic (exact) mass is 443 g/mol. The Morgan fingerprint density at radius 1 is 1.17 bits per heavy atom. The van der Waals surface area contributed by atoms with Gasteiger partial charge in [0.15, 0.2) is 5.13 Å². The highest BCUT2D eigenvalue weighted by Crippen LogP contribution is 2.31. The summed E-state index contributed by atoms with van der Waals surface area (Å²) in [5.74, 6) is 0.383. The summed E-state index contributed by atoms with van der Waals surface area (Å²) in [5.41, 5.74) is 2.31. The second-order valence-corrected chi connectivity index (χ2v) is 9.94. The number of nitrogens with one attached hydrogen (secondary N) is 1. The maximum absolute atomic E-state index is 13.0. The second kappa shape index (κ2) is 8.17. The van der Waals surface area contributed by atoms with Crippen molar-refractivity contribution in [3.05, 3.63) is 70.2 Å². The molecule has 1 N–H and O–H groups in total. The minimum absolute atomic E-state index is 0.220. The lowest BCUT2D eigenvalue weighted by molar-refractivity contribution is 0.102. The van der Waals surface area contributed by atoms with E-state index in [0.717, 1.165) is 16.1 Å². The van der Waals surface area contributed by atoms with E-state index in [1.807, 2.05) is 25.1 Å². The van der Waals surface area contributed by atoms with E-state index >= 15 is 0 Å². The van der Waals surface area contributed by atoms with Crippen LogP contribution >= 0.6 is 11.3 Å². The van der Waals surface area contributed by atoms with Gasteiger partial charge in [-0.3, -0.25) is 10.1 Å². The smallest absolute Gasteiger partial charge is 0.257 e. The largest absolute Gasteiger partial charge is 0.497 e. The molecule has 30 heavy (non-hydrogen) atoms. The lowest BCUT2D eigenvalue weighted by Gasteiger charge is -2.25. The molecule has 0 fully saturated rings. The first-order chi connectivity index (χ1) is 14.4. The number of sulfonamides is 1. The number of aryl methyl sites for hydroxylation is 1. The molecule has 1 aromatic heterocycles. The fourth-order valence-electron chi connectivity index (χ4n) is 3.32. The standard InChI is InChI=1S/C21H21N3O4S2/c1-14-5-3-4-6-17(14)20(25)23-21-22-18-11-12-24(13-19(18)29-21)30(26,27)16-9-7-15(28-2)8-10-16/h3-10H,11-13H2,1-2H3,(H,22,23,25). The molecule has 9 heteroatoms. The molecule has 7 nitrogen and oxygen atoms in total. The quantitative estimate of drug-likeness (QED) is 0.652. The van der Waals surface area contributed by atoms with Gasteiger partial charge in [0.2, 0.25) is 10.0 Å². The molecule has 0 atom stereocenters. The number of methoxy groups -OCH3 is 1. The van der Waals surface area contributed by atoms with E-state index in [-0.39, 0.29) is 17.3 Å². The summed E-state index contributed by atoms with van der Waals surface area (Å²) in [6, 6.07) is 13.7. The van der Waals surface area contributed by atoms with Crippen LogP contribution in [0.15, 0.2) is 53.4 Å². The predicted octanol–water partition coefficient (Wildman–Crippen LogP) is 3.46. The maximum atomic E-state index is 13.0. The average molecular weight is 444 g/mol. The molecule has 0 radical (unpaired) electrons. The first kappa shape index (κ1) is 20.5. The van der Waals surface area contributed by atoms with Gasteiger partial charge in [-0.2, -0.15) is 4.31 Å². The molecule has 0 saturated carbocycles. The van der Waals surface area contributed by atoms with E-state index in [1.165, 1.54) is 22.8 Å². The van der Waals surface area contributed by atoms with Crippen LogP contribution in [0.4, 0.5) is 5.13 Å². The number of hydrogen-bond acceptors (Lipinski definition) is 6. The van der Waals surface area contributed by atoms with Crippen molar-refractivity contribution in [3.8, 4) is 5.75 Å². The Bertz CT molecular complexity index is 1190. The van der Waals surface area contributed by atoms with E-state index in [2.05, 4.69) is 10.3 Å². The molecular formula is C21H21N3O4S2. The lowest BCUT2D eigenvalue weighted by atomic mass is 10.1. The predicted molar refractivity (Wildman–Crippen MR) is 116 cm³/mol. The Balaban J connectivity index is 1.51. The van der Waals surface area contributed by atoms with Crippen molar-refractivity contribution in [2.24, 2.45) is 0 Å². The van der Waals surface area contributed by atoms with Crippen LogP contribution in [0, 0.1) is 6.92 Å². The number of thiazole rings is 1. The Kier molecular flexibility index (Phi) is 5.59. The summed E-state index contributed by atoms with van der Waals surface area (Å²) in [6.45, 7) is 2.46. The normalized spacial score (nSPS) is 14.2. The molecular weight excluding hydrogens is 422 g/mol. The summed E-state index contributed by atoms with van der Waals surface area (Å²) in [7, 11) is -2.09. The number of benzene rings is 2. The zero-order valence-electron chi connectivity index (χ0n) is 16.6. The number of rotatable bonds is 5. The molecule has 2 heterocycles. The first-order valence-corrected chi connectivity index (χ1v) is 11.6. The first-order valence-electron chi connectivity index (χ1n) is 9.38. The molecule has 2 aromatic carbocycles. The highest BCUT2D eigenvalue weighted by Gasteiger charge is 2.30. The van der Waals surface area contributed by atoms with E-state index < -0.39 is 10.0 Å². The zero-order chi connectivity index (χ0) is 21.3. The topological polar surface area (TPSA) is 88.6 Å². The third-order valence-electron chi connectivity index (χ3n) is 5.00. The number of carbonyl (C=O) groups is 1. The SMILES string of the molecule is COc1ccc(S(=O)(=O)N2CCc3nc(NC(=O)c4ccccc4C)sc3C2)cc1. The van der Waals surface area contributed by atoms with Crippen LogP contribution < -0.4 is 10.1 Å². The Hall–Kier alpha value is -2.75. The summed E-state index contributed by atoms with van der Waals surface area (Å²) in [6.07, 6.45) is 0.501. The van der Waals surface area contributed by atoms with E-state index in [4.69, 9.17) is 4.74 Å². The van der Waals surface area contributed by atoms with Crippen LogP contribution in [-0.2, 0) is 23.0 Å². The number of ether oxygens (including phenoxy) is 1. The number of aromatic nitrogens is 1. The van der Waals surface area contributed by atoms with Gasteiger partial charge in [-0.05, 0) is 42.8 Å². The zero-order valence-corrected chi connectivity index (χ0v) is 18.2. The van der Waals surface area contributed by atoms with Crippen molar-refractivity contribution in [1.82, 2.24) is 9.29 Å². The molecule has 0 bridgehead atoms.